The third-order valence-electron chi connectivity index (χ3n) is 4.39. The molecule has 0 bridgehead atoms. The molecule has 1 N–H and O–H groups in total. The molecule has 0 atom stereocenters. The van der Waals surface area contributed by atoms with Crippen LogP contribution in [-0.2, 0) is 10.3 Å². The van der Waals surface area contributed by atoms with Crippen LogP contribution in [0, 0.1) is 13.8 Å². The average molecular weight is 277 g/mol. The van der Waals surface area contributed by atoms with E-state index in [-0.39, 0.29) is 5.60 Å². The molecule has 2 rings (SSSR count). The zero-order valence-corrected chi connectivity index (χ0v) is 13.3. The van der Waals surface area contributed by atoms with Gasteiger partial charge in [0.15, 0.2) is 5.82 Å². The lowest BCUT2D eigenvalue weighted by molar-refractivity contribution is -0.0515. The molecule has 0 spiro atoms. The largest absolute Gasteiger partial charge is 0.370 e. The van der Waals surface area contributed by atoms with Gasteiger partial charge in [-0.15, -0.1) is 0 Å². The number of rotatable bonds is 5. The van der Waals surface area contributed by atoms with Crippen LogP contribution < -0.4 is 5.32 Å². The number of ether oxygens (including phenoxy) is 1. The average Bonchev–Trinajstić information content (AvgIpc) is 2.49. The van der Waals surface area contributed by atoms with E-state index in [0.29, 0.717) is 0 Å². The van der Waals surface area contributed by atoms with Crippen LogP contribution in [0.3, 0.4) is 0 Å². The third kappa shape index (κ3) is 2.95. The summed E-state index contributed by atoms with van der Waals surface area (Å²) in [5.41, 5.74) is 1.92. The molecule has 0 aromatic carbocycles. The molecule has 112 valence electrons. The van der Waals surface area contributed by atoms with Crippen molar-refractivity contribution in [1.29, 1.82) is 0 Å². The molecule has 0 aliphatic heterocycles. The molecule has 0 unspecified atom stereocenters. The molecule has 1 aromatic rings. The first-order chi connectivity index (χ1) is 9.63. The first-order valence-corrected chi connectivity index (χ1v) is 7.77. The highest BCUT2D eigenvalue weighted by molar-refractivity contribution is 5.46. The molecule has 1 heterocycles. The molecule has 0 amide bonds. The lowest BCUT2D eigenvalue weighted by Crippen LogP contribution is -2.34. The Bertz CT molecular complexity index is 453. The van der Waals surface area contributed by atoms with Crippen molar-refractivity contribution < 1.29 is 4.74 Å². The summed E-state index contributed by atoms with van der Waals surface area (Å²) >= 11 is 0. The highest BCUT2D eigenvalue weighted by atomic mass is 16.5. The molecule has 1 aliphatic carbocycles. The van der Waals surface area contributed by atoms with Gasteiger partial charge < -0.3 is 10.1 Å². The number of nitrogens with one attached hydrogen (secondary N) is 1. The van der Waals surface area contributed by atoms with Crippen molar-refractivity contribution in [3.8, 4) is 0 Å². The van der Waals surface area contributed by atoms with Gasteiger partial charge in [0.2, 0.25) is 0 Å². The number of aromatic nitrogens is 2. The lowest BCUT2D eigenvalue weighted by Gasteiger charge is -2.35. The molecule has 1 fully saturated rings. The molecule has 4 nitrogen and oxygen atoms in total. The minimum Gasteiger partial charge on any atom is -0.370 e. The van der Waals surface area contributed by atoms with Crippen molar-refractivity contribution in [2.24, 2.45) is 0 Å². The van der Waals surface area contributed by atoms with Crippen molar-refractivity contribution in [2.75, 3.05) is 19.0 Å². The van der Waals surface area contributed by atoms with E-state index in [2.05, 4.69) is 26.1 Å². The molecular formula is C16H27N3O. The Morgan fingerprint density at radius 2 is 1.85 bits per heavy atom. The number of hydrogen-bond donors (Lipinski definition) is 1. The van der Waals surface area contributed by atoms with Crippen molar-refractivity contribution in [3.63, 3.8) is 0 Å². The maximum atomic E-state index is 5.87. The van der Waals surface area contributed by atoms with Crippen molar-refractivity contribution in [2.45, 2.75) is 64.9 Å². The number of hydrogen-bond acceptors (Lipinski definition) is 4. The molecule has 20 heavy (non-hydrogen) atoms. The molecule has 1 aliphatic rings. The van der Waals surface area contributed by atoms with Crippen molar-refractivity contribution >= 4 is 5.82 Å². The van der Waals surface area contributed by atoms with Gasteiger partial charge in [-0.1, -0.05) is 26.2 Å². The van der Waals surface area contributed by atoms with Crippen LogP contribution in [0.2, 0.25) is 0 Å². The SMILES string of the molecule is CCCNc1nc(C2(OC)CCCCC2)nc(C)c1C. The molecule has 4 heteroatoms. The van der Waals surface area contributed by atoms with Gasteiger partial charge in [0, 0.05) is 24.9 Å². The highest BCUT2D eigenvalue weighted by Crippen LogP contribution is 2.39. The summed E-state index contributed by atoms with van der Waals surface area (Å²) in [5, 5.41) is 3.42. The first kappa shape index (κ1) is 15.2. The van der Waals surface area contributed by atoms with E-state index in [0.717, 1.165) is 48.7 Å². The Hall–Kier alpha value is -1.16. The van der Waals surface area contributed by atoms with Crippen molar-refractivity contribution in [3.05, 3.63) is 17.1 Å². The minimum atomic E-state index is -0.278. The van der Waals surface area contributed by atoms with E-state index >= 15 is 0 Å². The summed E-state index contributed by atoms with van der Waals surface area (Å²) in [5.74, 6) is 1.83. The second-order valence-electron chi connectivity index (χ2n) is 5.79. The molecule has 0 radical (unpaired) electrons. The lowest BCUT2D eigenvalue weighted by atomic mass is 9.83. The summed E-state index contributed by atoms with van der Waals surface area (Å²) < 4.78 is 5.87. The van der Waals surface area contributed by atoms with Gasteiger partial charge >= 0.3 is 0 Å². The monoisotopic (exact) mass is 277 g/mol. The predicted octanol–water partition coefficient (Wildman–Crippen LogP) is 3.72. The maximum absolute atomic E-state index is 5.87. The fraction of sp³-hybridized carbons (Fsp3) is 0.750. The number of anilines is 1. The highest BCUT2D eigenvalue weighted by Gasteiger charge is 2.37. The van der Waals surface area contributed by atoms with Crippen LogP contribution in [0.15, 0.2) is 0 Å². The Kier molecular flexibility index (Phi) is 4.97. The normalized spacial score (nSPS) is 18.0. The third-order valence-corrected chi connectivity index (χ3v) is 4.39. The summed E-state index contributed by atoms with van der Waals surface area (Å²) in [6.45, 7) is 7.24. The number of methoxy groups -OCH3 is 1. The van der Waals surface area contributed by atoms with Crippen LogP contribution in [-0.4, -0.2) is 23.6 Å². The molecular weight excluding hydrogens is 250 g/mol. The molecule has 1 saturated carbocycles. The topological polar surface area (TPSA) is 47.0 Å². The summed E-state index contributed by atoms with van der Waals surface area (Å²) in [4.78, 5) is 9.52. The van der Waals surface area contributed by atoms with E-state index in [1.54, 1.807) is 7.11 Å². The van der Waals surface area contributed by atoms with Crippen LogP contribution in [0.25, 0.3) is 0 Å². The zero-order chi connectivity index (χ0) is 14.6. The van der Waals surface area contributed by atoms with Gasteiger partial charge in [0.25, 0.3) is 0 Å². The van der Waals surface area contributed by atoms with Gasteiger partial charge in [-0.2, -0.15) is 0 Å². The maximum Gasteiger partial charge on any atom is 0.162 e. The summed E-state index contributed by atoms with van der Waals surface area (Å²) in [6.07, 6.45) is 6.83. The predicted molar refractivity (Wildman–Crippen MR) is 82.1 cm³/mol. The number of nitrogens with zero attached hydrogens (tertiary/aromatic N) is 2. The Balaban J connectivity index is 2.37. The second kappa shape index (κ2) is 6.53. The van der Waals surface area contributed by atoms with E-state index in [1.165, 1.54) is 19.3 Å². The van der Waals surface area contributed by atoms with E-state index in [4.69, 9.17) is 14.7 Å². The van der Waals surface area contributed by atoms with E-state index < -0.39 is 0 Å². The molecule has 1 aromatic heterocycles. The Morgan fingerprint density at radius 3 is 2.45 bits per heavy atom. The Morgan fingerprint density at radius 1 is 1.15 bits per heavy atom. The van der Waals surface area contributed by atoms with Gasteiger partial charge in [-0.05, 0) is 33.1 Å². The van der Waals surface area contributed by atoms with Crippen molar-refractivity contribution in [1.82, 2.24) is 9.97 Å². The van der Waals surface area contributed by atoms with Crippen LogP contribution >= 0.6 is 0 Å². The Labute approximate surface area is 122 Å². The minimum absolute atomic E-state index is 0.278. The van der Waals surface area contributed by atoms with E-state index in [1.807, 2.05) is 0 Å². The fourth-order valence-corrected chi connectivity index (χ4v) is 2.89. The van der Waals surface area contributed by atoms with Gasteiger partial charge in [0.1, 0.15) is 11.4 Å². The second-order valence-corrected chi connectivity index (χ2v) is 5.79. The van der Waals surface area contributed by atoms with Crippen LogP contribution in [0.5, 0.6) is 0 Å². The van der Waals surface area contributed by atoms with Gasteiger partial charge in [-0.3, -0.25) is 0 Å². The quantitative estimate of drug-likeness (QED) is 0.891. The fourth-order valence-electron chi connectivity index (χ4n) is 2.89. The van der Waals surface area contributed by atoms with Crippen LogP contribution in [0.4, 0.5) is 5.82 Å². The first-order valence-electron chi connectivity index (χ1n) is 7.77. The number of aryl methyl sites for hydroxylation is 1. The summed E-state index contributed by atoms with van der Waals surface area (Å²) in [6, 6.07) is 0. The van der Waals surface area contributed by atoms with Gasteiger partial charge in [-0.25, -0.2) is 9.97 Å². The van der Waals surface area contributed by atoms with Crippen LogP contribution in [0.1, 0.15) is 62.5 Å². The summed E-state index contributed by atoms with van der Waals surface area (Å²) in [7, 11) is 1.79. The smallest absolute Gasteiger partial charge is 0.162 e. The zero-order valence-electron chi connectivity index (χ0n) is 13.3. The van der Waals surface area contributed by atoms with Gasteiger partial charge in [0.05, 0.1) is 0 Å². The van der Waals surface area contributed by atoms with E-state index in [9.17, 15) is 0 Å². The standard InChI is InChI=1S/C16H27N3O/c1-5-11-17-14-12(2)13(3)18-15(19-14)16(20-4)9-7-6-8-10-16/h5-11H2,1-4H3,(H,17,18,19). The molecule has 0 saturated heterocycles.